The Kier molecular flexibility index (Phi) is 3.79. The highest BCUT2D eigenvalue weighted by Gasteiger charge is 2.32. The molecular formula is C17H17N3O2S2. The van der Waals surface area contributed by atoms with Gasteiger partial charge in [-0.15, -0.1) is 11.3 Å². The number of sulfonamides is 1. The summed E-state index contributed by atoms with van der Waals surface area (Å²) in [5, 5.41) is 6.31. The second-order valence-corrected chi connectivity index (χ2v) is 8.70. The van der Waals surface area contributed by atoms with Gasteiger partial charge in [0, 0.05) is 26.3 Å². The van der Waals surface area contributed by atoms with Crippen molar-refractivity contribution < 1.29 is 8.42 Å². The average molecular weight is 359 g/mol. The zero-order valence-corrected chi connectivity index (χ0v) is 14.8. The van der Waals surface area contributed by atoms with E-state index in [4.69, 9.17) is 0 Å². The molecule has 7 heteroatoms. The standard InChI is InChI=1S/C17H17N3O2S2/c1-19-12-16(17(18-19)15-7-4-10-23-15)24(21,22)20-9-8-13-5-2-3-6-14(13)11-20/h2-7,10,12H,8-9,11H2,1H3. The molecule has 0 spiro atoms. The van der Waals surface area contributed by atoms with Crippen molar-refractivity contribution in [1.29, 1.82) is 0 Å². The Labute approximate surface area is 145 Å². The smallest absolute Gasteiger partial charge is 0.247 e. The molecular weight excluding hydrogens is 342 g/mol. The van der Waals surface area contributed by atoms with E-state index < -0.39 is 10.0 Å². The molecule has 0 saturated carbocycles. The molecule has 5 nitrogen and oxygen atoms in total. The quantitative estimate of drug-likeness (QED) is 0.722. The van der Waals surface area contributed by atoms with Gasteiger partial charge in [0.2, 0.25) is 10.0 Å². The van der Waals surface area contributed by atoms with E-state index >= 15 is 0 Å². The van der Waals surface area contributed by atoms with E-state index in [2.05, 4.69) is 11.2 Å². The number of benzene rings is 1. The van der Waals surface area contributed by atoms with E-state index in [0.29, 0.717) is 18.8 Å². The Hall–Kier alpha value is -1.96. The first-order valence-electron chi connectivity index (χ1n) is 7.70. The van der Waals surface area contributed by atoms with E-state index in [1.807, 2.05) is 35.7 Å². The monoisotopic (exact) mass is 359 g/mol. The molecule has 0 bridgehead atoms. The molecule has 0 radical (unpaired) electrons. The van der Waals surface area contributed by atoms with Crippen LogP contribution in [0, 0.1) is 0 Å². The fourth-order valence-electron chi connectivity index (χ4n) is 3.05. The fraction of sp³-hybridized carbons (Fsp3) is 0.235. The van der Waals surface area contributed by atoms with Crippen molar-refractivity contribution in [2.24, 2.45) is 7.05 Å². The van der Waals surface area contributed by atoms with Gasteiger partial charge < -0.3 is 0 Å². The summed E-state index contributed by atoms with van der Waals surface area (Å²) in [5.41, 5.74) is 2.84. The van der Waals surface area contributed by atoms with Gasteiger partial charge in [-0.3, -0.25) is 4.68 Å². The number of hydrogen-bond acceptors (Lipinski definition) is 4. The highest BCUT2D eigenvalue weighted by atomic mass is 32.2. The molecule has 0 saturated heterocycles. The lowest BCUT2D eigenvalue weighted by molar-refractivity contribution is 0.391. The van der Waals surface area contributed by atoms with Gasteiger partial charge in [0.05, 0.1) is 4.88 Å². The van der Waals surface area contributed by atoms with Gasteiger partial charge >= 0.3 is 0 Å². The lowest BCUT2D eigenvalue weighted by Gasteiger charge is -2.27. The summed E-state index contributed by atoms with van der Waals surface area (Å²) in [6.07, 6.45) is 2.34. The first kappa shape index (κ1) is 15.6. The number of hydrogen-bond donors (Lipinski definition) is 0. The van der Waals surface area contributed by atoms with E-state index in [1.54, 1.807) is 22.2 Å². The van der Waals surface area contributed by atoms with Gasteiger partial charge in [-0.2, -0.15) is 9.40 Å². The second-order valence-electron chi connectivity index (χ2n) is 5.85. The molecule has 0 N–H and O–H groups in total. The predicted molar refractivity (Wildman–Crippen MR) is 94.3 cm³/mol. The van der Waals surface area contributed by atoms with E-state index in [0.717, 1.165) is 16.9 Å². The third-order valence-corrected chi connectivity index (χ3v) is 6.99. The minimum atomic E-state index is -3.58. The van der Waals surface area contributed by atoms with Crippen LogP contribution in [0.5, 0.6) is 0 Å². The third kappa shape index (κ3) is 2.58. The van der Waals surface area contributed by atoms with Crippen LogP contribution >= 0.6 is 11.3 Å². The molecule has 1 aliphatic heterocycles. The minimum absolute atomic E-state index is 0.284. The van der Waals surface area contributed by atoms with Crippen molar-refractivity contribution in [3.8, 4) is 10.6 Å². The highest BCUT2D eigenvalue weighted by molar-refractivity contribution is 7.89. The van der Waals surface area contributed by atoms with Gasteiger partial charge in [-0.25, -0.2) is 8.42 Å². The molecule has 0 unspecified atom stereocenters. The Morgan fingerprint density at radius 1 is 1.12 bits per heavy atom. The van der Waals surface area contributed by atoms with Crippen LogP contribution in [0.1, 0.15) is 11.1 Å². The third-order valence-electron chi connectivity index (χ3n) is 4.26. The van der Waals surface area contributed by atoms with Crippen LogP contribution < -0.4 is 0 Å². The molecule has 3 heterocycles. The summed E-state index contributed by atoms with van der Waals surface area (Å²) in [6.45, 7) is 0.912. The largest absolute Gasteiger partial charge is 0.274 e. The minimum Gasteiger partial charge on any atom is -0.274 e. The predicted octanol–water partition coefficient (Wildman–Crippen LogP) is 2.90. The van der Waals surface area contributed by atoms with E-state index in [1.165, 1.54) is 16.9 Å². The number of thiophene rings is 1. The normalized spacial score (nSPS) is 15.4. The van der Waals surface area contributed by atoms with Crippen LogP contribution in [-0.4, -0.2) is 29.0 Å². The first-order valence-corrected chi connectivity index (χ1v) is 10.0. The number of fused-ring (bicyclic) bond motifs is 1. The van der Waals surface area contributed by atoms with E-state index in [9.17, 15) is 8.42 Å². The molecule has 4 rings (SSSR count). The van der Waals surface area contributed by atoms with Crippen LogP contribution in [0.25, 0.3) is 10.6 Å². The van der Waals surface area contributed by atoms with Gasteiger partial charge in [0.15, 0.2) is 0 Å². The lowest BCUT2D eigenvalue weighted by atomic mass is 10.0. The molecule has 0 atom stereocenters. The topological polar surface area (TPSA) is 55.2 Å². The van der Waals surface area contributed by atoms with Crippen molar-refractivity contribution in [2.45, 2.75) is 17.9 Å². The first-order chi connectivity index (χ1) is 11.6. The summed E-state index contributed by atoms with van der Waals surface area (Å²) in [6, 6.07) is 11.8. The zero-order valence-electron chi connectivity index (χ0n) is 13.2. The van der Waals surface area contributed by atoms with Crippen molar-refractivity contribution in [2.75, 3.05) is 6.54 Å². The maximum Gasteiger partial charge on any atom is 0.247 e. The second kappa shape index (κ2) is 5.84. The lowest BCUT2D eigenvalue weighted by Crippen LogP contribution is -2.36. The average Bonchev–Trinajstić information content (AvgIpc) is 3.23. The maximum atomic E-state index is 13.2. The Morgan fingerprint density at radius 3 is 2.67 bits per heavy atom. The molecule has 1 aromatic carbocycles. The van der Waals surface area contributed by atoms with Crippen LogP contribution in [0.2, 0.25) is 0 Å². The fourth-order valence-corrected chi connectivity index (χ4v) is 5.44. The number of nitrogens with zero attached hydrogens (tertiary/aromatic N) is 3. The molecule has 1 aliphatic rings. The van der Waals surface area contributed by atoms with Crippen LogP contribution in [0.3, 0.4) is 0 Å². The number of aromatic nitrogens is 2. The highest BCUT2D eigenvalue weighted by Crippen LogP contribution is 2.33. The van der Waals surface area contributed by atoms with Crippen molar-refractivity contribution >= 4 is 21.4 Å². The summed E-state index contributed by atoms with van der Waals surface area (Å²) in [5.74, 6) is 0. The van der Waals surface area contributed by atoms with E-state index in [-0.39, 0.29) is 4.90 Å². The van der Waals surface area contributed by atoms with Gasteiger partial charge in [0.1, 0.15) is 10.6 Å². The summed E-state index contributed by atoms with van der Waals surface area (Å²) >= 11 is 1.50. The molecule has 2 aromatic heterocycles. The Balaban J connectivity index is 1.75. The number of rotatable bonds is 3. The number of aryl methyl sites for hydroxylation is 1. The van der Waals surface area contributed by atoms with Gasteiger partial charge in [-0.1, -0.05) is 30.3 Å². The zero-order chi connectivity index (χ0) is 16.7. The van der Waals surface area contributed by atoms with Crippen LogP contribution in [-0.2, 0) is 30.0 Å². The molecule has 0 fully saturated rings. The van der Waals surface area contributed by atoms with Crippen molar-refractivity contribution in [3.05, 3.63) is 59.1 Å². The SMILES string of the molecule is Cn1cc(S(=O)(=O)N2CCc3ccccc3C2)c(-c2cccs2)n1. The summed E-state index contributed by atoms with van der Waals surface area (Å²) in [7, 11) is -1.83. The molecule has 3 aromatic rings. The summed E-state index contributed by atoms with van der Waals surface area (Å²) in [4.78, 5) is 1.15. The van der Waals surface area contributed by atoms with Crippen molar-refractivity contribution in [1.82, 2.24) is 14.1 Å². The Bertz CT molecular complexity index is 975. The molecule has 124 valence electrons. The maximum absolute atomic E-state index is 13.2. The summed E-state index contributed by atoms with van der Waals surface area (Å²) < 4.78 is 29.5. The van der Waals surface area contributed by atoms with Gasteiger partial charge in [-0.05, 0) is 29.0 Å². The molecule has 0 amide bonds. The van der Waals surface area contributed by atoms with Crippen LogP contribution in [0.4, 0.5) is 0 Å². The van der Waals surface area contributed by atoms with Crippen LogP contribution in [0.15, 0.2) is 52.9 Å². The van der Waals surface area contributed by atoms with Gasteiger partial charge in [0.25, 0.3) is 0 Å². The Morgan fingerprint density at radius 2 is 1.92 bits per heavy atom. The van der Waals surface area contributed by atoms with Crippen molar-refractivity contribution in [3.63, 3.8) is 0 Å². The molecule has 0 aliphatic carbocycles. The molecule has 24 heavy (non-hydrogen) atoms.